The molecule has 0 spiro atoms. The van der Waals surface area contributed by atoms with Gasteiger partial charge in [0.25, 0.3) is 0 Å². The molecule has 1 N–H and O–H groups in total. The van der Waals surface area contributed by atoms with E-state index in [1.165, 1.54) is 5.56 Å². The first-order chi connectivity index (χ1) is 9.34. The zero-order valence-electron chi connectivity index (χ0n) is 12.2. The molecule has 1 saturated heterocycles. The Labute approximate surface area is 126 Å². The Hall–Kier alpha value is -0.580. The number of rotatable bonds is 4. The van der Waals surface area contributed by atoms with Crippen molar-refractivity contribution in [3.05, 3.63) is 33.8 Å². The summed E-state index contributed by atoms with van der Waals surface area (Å²) in [5, 5.41) is 4.22. The molecule has 2 rings (SSSR count). The van der Waals surface area contributed by atoms with Gasteiger partial charge in [-0.2, -0.15) is 0 Å². The topological polar surface area (TPSA) is 46.2 Å². The Morgan fingerprint density at radius 3 is 2.60 bits per heavy atom. The van der Waals surface area contributed by atoms with Crippen LogP contribution in [0.25, 0.3) is 0 Å². The number of aryl methyl sites for hydroxylation is 2. The molecule has 0 bridgehead atoms. The van der Waals surface area contributed by atoms with Crippen molar-refractivity contribution in [3.8, 4) is 0 Å². The molecule has 0 aliphatic carbocycles. The third-order valence-electron chi connectivity index (χ3n) is 4.05. The number of nitrogens with one attached hydrogen (secondary N) is 1. The van der Waals surface area contributed by atoms with E-state index in [0.29, 0.717) is 5.75 Å². The SMILES string of the molecule is CCNC(c1cc(C)c(Cl)cc1C)C1CCS(=O)(=O)C1. The lowest BCUT2D eigenvalue weighted by Crippen LogP contribution is -2.29. The molecular formula is C15H22ClNO2S. The minimum Gasteiger partial charge on any atom is -0.310 e. The minimum atomic E-state index is -2.86. The second-order valence-corrected chi connectivity index (χ2v) is 8.29. The fraction of sp³-hybridized carbons (Fsp3) is 0.600. The van der Waals surface area contributed by atoms with Crippen molar-refractivity contribution in [1.82, 2.24) is 5.32 Å². The number of halogens is 1. The van der Waals surface area contributed by atoms with Crippen LogP contribution in [0.3, 0.4) is 0 Å². The summed E-state index contributed by atoms with van der Waals surface area (Å²) in [5.74, 6) is 0.746. The Morgan fingerprint density at radius 2 is 2.05 bits per heavy atom. The standard InChI is InChI=1S/C15H22ClNO2S/c1-4-17-15(12-5-6-20(18,19)9-12)13-7-11(3)14(16)8-10(13)2/h7-8,12,15,17H,4-6,9H2,1-3H3. The van der Waals surface area contributed by atoms with Crippen molar-refractivity contribution < 1.29 is 8.42 Å². The molecule has 1 aromatic carbocycles. The highest BCUT2D eigenvalue weighted by molar-refractivity contribution is 7.91. The fourth-order valence-electron chi connectivity index (χ4n) is 2.98. The third-order valence-corrected chi connectivity index (χ3v) is 6.25. The van der Waals surface area contributed by atoms with Gasteiger partial charge >= 0.3 is 0 Å². The van der Waals surface area contributed by atoms with E-state index in [2.05, 4.69) is 18.3 Å². The predicted molar refractivity (Wildman–Crippen MR) is 84.1 cm³/mol. The van der Waals surface area contributed by atoms with Crippen molar-refractivity contribution >= 4 is 21.4 Å². The van der Waals surface area contributed by atoms with E-state index < -0.39 is 9.84 Å². The van der Waals surface area contributed by atoms with Crippen molar-refractivity contribution in [2.75, 3.05) is 18.1 Å². The molecule has 0 aromatic heterocycles. The summed E-state index contributed by atoms with van der Waals surface area (Å²) in [6.45, 7) is 6.89. The molecule has 1 heterocycles. The van der Waals surface area contributed by atoms with Crippen LogP contribution in [0.15, 0.2) is 12.1 Å². The molecule has 0 radical (unpaired) electrons. The van der Waals surface area contributed by atoms with Crippen LogP contribution >= 0.6 is 11.6 Å². The molecular weight excluding hydrogens is 294 g/mol. The summed E-state index contributed by atoms with van der Waals surface area (Å²) >= 11 is 6.16. The first-order valence-corrected chi connectivity index (χ1v) is 9.24. The quantitative estimate of drug-likeness (QED) is 0.929. The number of sulfone groups is 1. The zero-order chi connectivity index (χ0) is 14.9. The number of benzene rings is 1. The van der Waals surface area contributed by atoms with Gasteiger partial charge in [-0.15, -0.1) is 0 Å². The molecule has 3 nitrogen and oxygen atoms in total. The summed E-state index contributed by atoms with van der Waals surface area (Å²) in [4.78, 5) is 0. The van der Waals surface area contributed by atoms with Crippen molar-refractivity contribution in [2.45, 2.75) is 33.2 Å². The Kier molecular flexibility index (Phi) is 4.77. The summed E-state index contributed by atoms with van der Waals surface area (Å²) in [7, 11) is -2.86. The van der Waals surface area contributed by atoms with E-state index in [-0.39, 0.29) is 17.7 Å². The molecule has 1 fully saturated rings. The maximum Gasteiger partial charge on any atom is 0.150 e. The Balaban J connectivity index is 2.36. The summed E-state index contributed by atoms with van der Waals surface area (Å²) < 4.78 is 23.5. The molecule has 112 valence electrons. The average molecular weight is 316 g/mol. The van der Waals surface area contributed by atoms with E-state index in [9.17, 15) is 8.42 Å². The maximum atomic E-state index is 11.7. The van der Waals surface area contributed by atoms with Crippen LogP contribution < -0.4 is 5.32 Å². The molecule has 1 aliphatic rings. The average Bonchev–Trinajstić information content (AvgIpc) is 2.71. The zero-order valence-corrected chi connectivity index (χ0v) is 13.8. The molecule has 2 atom stereocenters. The van der Waals surface area contributed by atoms with Crippen LogP contribution in [-0.2, 0) is 9.84 Å². The van der Waals surface area contributed by atoms with Crippen LogP contribution in [0, 0.1) is 19.8 Å². The van der Waals surface area contributed by atoms with E-state index >= 15 is 0 Å². The molecule has 1 aromatic rings. The highest BCUT2D eigenvalue weighted by Gasteiger charge is 2.34. The first kappa shape index (κ1) is 15.8. The van der Waals surface area contributed by atoms with Crippen LogP contribution in [0.4, 0.5) is 0 Å². The molecule has 2 unspecified atom stereocenters. The largest absolute Gasteiger partial charge is 0.310 e. The van der Waals surface area contributed by atoms with E-state index in [1.807, 2.05) is 19.9 Å². The van der Waals surface area contributed by atoms with E-state index in [1.54, 1.807) is 0 Å². The van der Waals surface area contributed by atoms with Crippen LogP contribution in [0.2, 0.25) is 5.02 Å². The minimum absolute atomic E-state index is 0.0910. The lowest BCUT2D eigenvalue weighted by molar-refractivity contribution is 0.399. The Morgan fingerprint density at radius 1 is 1.35 bits per heavy atom. The van der Waals surface area contributed by atoms with Gasteiger partial charge in [-0.3, -0.25) is 0 Å². The third kappa shape index (κ3) is 3.35. The monoisotopic (exact) mass is 315 g/mol. The first-order valence-electron chi connectivity index (χ1n) is 7.04. The van der Waals surface area contributed by atoms with Crippen LogP contribution in [0.1, 0.15) is 36.1 Å². The van der Waals surface area contributed by atoms with Crippen LogP contribution in [-0.4, -0.2) is 26.5 Å². The lowest BCUT2D eigenvalue weighted by Gasteiger charge is -2.26. The van der Waals surface area contributed by atoms with Crippen molar-refractivity contribution in [3.63, 3.8) is 0 Å². The van der Waals surface area contributed by atoms with Gasteiger partial charge in [0.1, 0.15) is 0 Å². The highest BCUT2D eigenvalue weighted by Crippen LogP contribution is 2.34. The summed E-state index contributed by atoms with van der Waals surface area (Å²) in [6, 6.07) is 4.16. The second kappa shape index (κ2) is 6.04. The molecule has 5 heteroatoms. The Bertz CT molecular complexity index is 598. The van der Waals surface area contributed by atoms with E-state index in [0.717, 1.165) is 29.1 Å². The number of hydrogen-bond acceptors (Lipinski definition) is 3. The fourth-order valence-corrected chi connectivity index (χ4v) is 5.03. The van der Waals surface area contributed by atoms with Crippen molar-refractivity contribution in [2.24, 2.45) is 5.92 Å². The lowest BCUT2D eigenvalue weighted by atomic mass is 9.89. The van der Waals surface area contributed by atoms with E-state index in [4.69, 9.17) is 11.6 Å². The second-order valence-electron chi connectivity index (χ2n) is 5.66. The molecule has 20 heavy (non-hydrogen) atoms. The van der Waals surface area contributed by atoms with Gasteiger partial charge in [0.2, 0.25) is 0 Å². The highest BCUT2D eigenvalue weighted by atomic mass is 35.5. The maximum absolute atomic E-state index is 11.7. The summed E-state index contributed by atoms with van der Waals surface area (Å²) in [6.07, 6.45) is 0.737. The molecule has 0 saturated carbocycles. The van der Waals surface area contributed by atoms with Gasteiger partial charge in [0.15, 0.2) is 9.84 Å². The molecule has 1 aliphatic heterocycles. The smallest absolute Gasteiger partial charge is 0.150 e. The van der Waals surface area contributed by atoms with Gasteiger partial charge in [-0.25, -0.2) is 8.42 Å². The van der Waals surface area contributed by atoms with Crippen molar-refractivity contribution in [1.29, 1.82) is 0 Å². The predicted octanol–water partition coefficient (Wildman–Crippen LogP) is 3.04. The van der Waals surface area contributed by atoms with Gasteiger partial charge < -0.3 is 5.32 Å². The van der Waals surface area contributed by atoms with Gasteiger partial charge in [-0.1, -0.05) is 24.6 Å². The number of hydrogen-bond donors (Lipinski definition) is 1. The van der Waals surface area contributed by atoms with Crippen LogP contribution in [0.5, 0.6) is 0 Å². The normalized spacial score (nSPS) is 22.9. The molecule has 0 amide bonds. The summed E-state index contributed by atoms with van der Waals surface area (Å²) in [5.41, 5.74) is 3.34. The van der Waals surface area contributed by atoms with Gasteiger partial charge in [-0.05, 0) is 55.5 Å². The van der Waals surface area contributed by atoms with Gasteiger partial charge in [0.05, 0.1) is 11.5 Å². The van der Waals surface area contributed by atoms with Gasteiger partial charge in [0, 0.05) is 11.1 Å².